The van der Waals surface area contributed by atoms with E-state index in [0.29, 0.717) is 23.8 Å². The second-order valence-electron chi connectivity index (χ2n) is 7.84. The van der Waals surface area contributed by atoms with Crippen LogP contribution in [0.15, 0.2) is 59.5 Å². The number of hydrogen-bond donors (Lipinski definition) is 0. The van der Waals surface area contributed by atoms with Gasteiger partial charge in [-0.1, -0.05) is 55.7 Å². The van der Waals surface area contributed by atoms with Gasteiger partial charge < -0.3 is 0 Å². The lowest BCUT2D eigenvalue weighted by Crippen LogP contribution is -2.24. The largest absolute Gasteiger partial charge is 0.333 e. The Kier molecular flexibility index (Phi) is 5.34. The highest BCUT2D eigenvalue weighted by Crippen LogP contribution is 2.32. The summed E-state index contributed by atoms with van der Waals surface area (Å²) in [5.74, 6) is 0.655. The Morgan fingerprint density at radius 2 is 1.72 bits per heavy atom. The van der Waals surface area contributed by atoms with E-state index in [9.17, 15) is 14.9 Å². The lowest BCUT2D eigenvalue weighted by Gasteiger charge is -2.22. The molecule has 0 saturated heterocycles. The van der Waals surface area contributed by atoms with Crippen LogP contribution in [0, 0.1) is 17.0 Å². The van der Waals surface area contributed by atoms with Crippen LogP contribution < -0.4 is 5.69 Å². The molecule has 1 aliphatic carbocycles. The summed E-state index contributed by atoms with van der Waals surface area (Å²) in [7, 11) is 0. The van der Waals surface area contributed by atoms with Gasteiger partial charge >= 0.3 is 5.69 Å². The van der Waals surface area contributed by atoms with Gasteiger partial charge in [0.15, 0.2) is 0 Å². The third kappa shape index (κ3) is 3.88. The highest BCUT2D eigenvalue weighted by atomic mass is 16.6. The Morgan fingerprint density at radius 1 is 1.03 bits per heavy atom. The van der Waals surface area contributed by atoms with E-state index in [1.54, 1.807) is 35.9 Å². The van der Waals surface area contributed by atoms with Gasteiger partial charge in [0.2, 0.25) is 0 Å². The SMILES string of the molecule is Cc1cn(Cc2ccc(C3CCCCC3)cc2)c(=O)n1-c1ccccc1[N+](=O)[O-]. The van der Waals surface area contributed by atoms with Gasteiger partial charge in [0, 0.05) is 18.0 Å². The number of aromatic nitrogens is 2. The molecule has 0 aliphatic heterocycles. The number of benzene rings is 2. The Balaban J connectivity index is 1.60. The van der Waals surface area contributed by atoms with E-state index in [4.69, 9.17) is 0 Å². The molecule has 3 aromatic rings. The molecule has 0 spiro atoms. The molecule has 1 fully saturated rings. The van der Waals surface area contributed by atoms with Crippen molar-refractivity contribution in [3.8, 4) is 5.69 Å². The predicted molar refractivity (Wildman–Crippen MR) is 113 cm³/mol. The van der Waals surface area contributed by atoms with Crippen molar-refractivity contribution in [3.05, 3.63) is 92.1 Å². The summed E-state index contributed by atoms with van der Waals surface area (Å²) >= 11 is 0. The van der Waals surface area contributed by atoms with Crippen molar-refractivity contribution < 1.29 is 4.92 Å². The van der Waals surface area contributed by atoms with E-state index in [2.05, 4.69) is 24.3 Å². The minimum absolute atomic E-state index is 0.0766. The summed E-state index contributed by atoms with van der Waals surface area (Å²) in [6, 6.07) is 14.9. The first-order valence-corrected chi connectivity index (χ1v) is 10.2. The molecular weight excluding hydrogens is 366 g/mol. The second-order valence-corrected chi connectivity index (χ2v) is 7.84. The van der Waals surface area contributed by atoms with Crippen molar-refractivity contribution in [2.75, 3.05) is 0 Å². The Morgan fingerprint density at radius 3 is 2.41 bits per heavy atom. The number of imidazole rings is 1. The van der Waals surface area contributed by atoms with Crippen LogP contribution in [0.1, 0.15) is 54.8 Å². The molecule has 0 radical (unpaired) electrons. The van der Waals surface area contributed by atoms with Gasteiger partial charge in [-0.3, -0.25) is 19.2 Å². The number of nitro benzene ring substituents is 1. The van der Waals surface area contributed by atoms with Crippen LogP contribution in [-0.4, -0.2) is 14.1 Å². The van der Waals surface area contributed by atoms with Crippen molar-refractivity contribution in [1.29, 1.82) is 0 Å². The predicted octanol–water partition coefficient (Wildman–Crippen LogP) is 4.95. The van der Waals surface area contributed by atoms with E-state index in [0.717, 1.165) is 5.56 Å². The van der Waals surface area contributed by atoms with Crippen LogP contribution in [0.25, 0.3) is 5.69 Å². The maximum absolute atomic E-state index is 13.0. The van der Waals surface area contributed by atoms with Crippen molar-refractivity contribution in [2.45, 2.75) is 51.5 Å². The molecule has 1 aliphatic rings. The Bertz CT molecular complexity index is 1070. The van der Waals surface area contributed by atoms with Crippen LogP contribution in [0.2, 0.25) is 0 Å². The summed E-state index contributed by atoms with van der Waals surface area (Å²) in [5.41, 5.74) is 3.05. The molecule has 0 bridgehead atoms. The van der Waals surface area contributed by atoms with Crippen LogP contribution in [-0.2, 0) is 6.54 Å². The van der Waals surface area contributed by atoms with E-state index >= 15 is 0 Å². The minimum atomic E-state index is -0.456. The zero-order chi connectivity index (χ0) is 20.4. The average Bonchev–Trinajstić information content (AvgIpc) is 3.02. The molecule has 6 heteroatoms. The van der Waals surface area contributed by atoms with Gasteiger partial charge in [-0.2, -0.15) is 0 Å². The number of hydrogen-bond acceptors (Lipinski definition) is 3. The summed E-state index contributed by atoms with van der Waals surface area (Å²) in [5, 5.41) is 11.4. The van der Waals surface area contributed by atoms with Crippen molar-refractivity contribution in [2.24, 2.45) is 0 Å². The summed E-state index contributed by atoms with van der Waals surface area (Å²) in [4.78, 5) is 23.9. The molecule has 4 rings (SSSR count). The minimum Gasteiger partial charge on any atom is -0.294 e. The number of rotatable bonds is 5. The fraction of sp³-hybridized carbons (Fsp3) is 0.348. The normalized spacial score (nSPS) is 14.8. The molecule has 1 aromatic heterocycles. The summed E-state index contributed by atoms with van der Waals surface area (Å²) in [6.45, 7) is 2.24. The first kappa shape index (κ1) is 19.2. The molecular formula is C23H25N3O3. The zero-order valence-corrected chi connectivity index (χ0v) is 16.6. The Hall–Kier alpha value is -3.15. The van der Waals surface area contributed by atoms with Crippen molar-refractivity contribution >= 4 is 5.69 Å². The lowest BCUT2D eigenvalue weighted by atomic mass is 9.84. The molecule has 0 amide bonds. The van der Waals surface area contributed by atoms with Gasteiger partial charge in [-0.15, -0.1) is 0 Å². The van der Waals surface area contributed by atoms with Crippen molar-refractivity contribution in [1.82, 2.24) is 9.13 Å². The first-order valence-electron chi connectivity index (χ1n) is 10.2. The van der Waals surface area contributed by atoms with E-state index in [1.807, 2.05) is 0 Å². The molecule has 150 valence electrons. The number of para-hydroxylation sites is 2. The third-order valence-electron chi connectivity index (χ3n) is 5.86. The smallest absolute Gasteiger partial charge is 0.294 e. The molecule has 2 aromatic carbocycles. The molecule has 0 N–H and O–H groups in total. The van der Waals surface area contributed by atoms with Crippen LogP contribution in [0.3, 0.4) is 0 Å². The maximum atomic E-state index is 13.0. The molecule has 0 atom stereocenters. The molecule has 1 heterocycles. The summed E-state index contributed by atoms with van der Waals surface area (Å²) in [6.07, 6.45) is 8.23. The average molecular weight is 391 g/mol. The summed E-state index contributed by atoms with van der Waals surface area (Å²) < 4.78 is 3.02. The second kappa shape index (κ2) is 8.07. The fourth-order valence-corrected chi connectivity index (χ4v) is 4.36. The van der Waals surface area contributed by atoms with Crippen LogP contribution >= 0.6 is 0 Å². The fourth-order valence-electron chi connectivity index (χ4n) is 4.36. The highest BCUT2D eigenvalue weighted by molar-refractivity contribution is 5.52. The van der Waals surface area contributed by atoms with Crippen LogP contribution in [0.4, 0.5) is 5.69 Å². The number of nitro groups is 1. The van der Waals surface area contributed by atoms with Gasteiger partial charge in [-0.05, 0) is 42.9 Å². The van der Waals surface area contributed by atoms with Gasteiger partial charge in [0.1, 0.15) is 5.69 Å². The standard InChI is InChI=1S/C23H25N3O3/c1-17-15-24(23(27)25(17)21-9-5-6-10-22(21)26(28)29)16-18-11-13-20(14-12-18)19-7-3-2-4-8-19/h5-6,9-15,19H,2-4,7-8,16H2,1H3. The van der Waals surface area contributed by atoms with E-state index < -0.39 is 4.92 Å². The zero-order valence-electron chi connectivity index (χ0n) is 16.6. The van der Waals surface area contributed by atoms with E-state index in [1.165, 1.54) is 48.3 Å². The maximum Gasteiger partial charge on any atom is 0.333 e. The quantitative estimate of drug-likeness (QED) is 0.456. The van der Waals surface area contributed by atoms with Crippen LogP contribution in [0.5, 0.6) is 0 Å². The number of nitrogens with zero attached hydrogens (tertiary/aromatic N) is 3. The highest BCUT2D eigenvalue weighted by Gasteiger charge is 2.19. The molecule has 6 nitrogen and oxygen atoms in total. The van der Waals surface area contributed by atoms with Crippen molar-refractivity contribution in [3.63, 3.8) is 0 Å². The lowest BCUT2D eigenvalue weighted by molar-refractivity contribution is -0.384. The van der Waals surface area contributed by atoms with Gasteiger partial charge in [-0.25, -0.2) is 4.79 Å². The third-order valence-corrected chi connectivity index (χ3v) is 5.86. The first-order chi connectivity index (χ1) is 14.0. The molecule has 0 unspecified atom stereocenters. The van der Waals surface area contributed by atoms with Gasteiger partial charge in [0.05, 0.1) is 11.5 Å². The number of aryl methyl sites for hydroxylation is 1. The topological polar surface area (TPSA) is 70.1 Å². The molecule has 29 heavy (non-hydrogen) atoms. The van der Waals surface area contributed by atoms with E-state index in [-0.39, 0.29) is 11.4 Å². The van der Waals surface area contributed by atoms with Gasteiger partial charge in [0.25, 0.3) is 5.69 Å². The Labute approximate surface area is 169 Å². The monoisotopic (exact) mass is 391 g/mol. The molecule has 1 saturated carbocycles.